The number of nitrogens with one attached hydrogen (secondary N) is 1. The van der Waals surface area contributed by atoms with Gasteiger partial charge < -0.3 is 10.1 Å². The first kappa shape index (κ1) is 17.5. The second kappa shape index (κ2) is 8.71. The maximum atomic E-state index is 12.2. The van der Waals surface area contributed by atoms with E-state index in [4.69, 9.17) is 4.74 Å². The molecule has 1 rings (SSSR count). The van der Waals surface area contributed by atoms with Gasteiger partial charge in [0.25, 0.3) is 0 Å². The van der Waals surface area contributed by atoms with E-state index in [0.717, 1.165) is 24.2 Å². The predicted octanol–water partition coefficient (Wildman–Crippen LogP) is 4.33. The van der Waals surface area contributed by atoms with Crippen molar-refractivity contribution in [1.82, 2.24) is 5.32 Å². The van der Waals surface area contributed by atoms with Gasteiger partial charge in [-0.3, -0.25) is 4.79 Å². The molecule has 3 nitrogen and oxygen atoms in total. The molecule has 0 aliphatic heterocycles. The number of hydrogen-bond donors (Lipinski definition) is 1. The molecule has 1 aromatic rings. The zero-order chi connectivity index (χ0) is 15.8. The van der Waals surface area contributed by atoms with Crippen LogP contribution in [0.4, 0.5) is 0 Å². The monoisotopic (exact) mass is 291 g/mol. The lowest BCUT2D eigenvalue weighted by molar-refractivity contribution is -0.123. The molecule has 0 aliphatic carbocycles. The van der Waals surface area contributed by atoms with Crippen molar-refractivity contribution in [3.63, 3.8) is 0 Å². The largest absolute Gasteiger partial charge is 0.497 e. The number of carbonyl (C=O) groups is 1. The van der Waals surface area contributed by atoms with Crippen LogP contribution in [-0.4, -0.2) is 13.0 Å². The normalized spacial score (nSPS) is 13.8. The fourth-order valence-corrected chi connectivity index (χ4v) is 2.59. The summed E-state index contributed by atoms with van der Waals surface area (Å²) >= 11 is 0. The van der Waals surface area contributed by atoms with E-state index < -0.39 is 0 Å². The molecule has 0 saturated heterocycles. The Morgan fingerprint density at radius 1 is 1.19 bits per heavy atom. The molecule has 1 N–H and O–H groups in total. The highest BCUT2D eigenvalue weighted by molar-refractivity contribution is 5.76. The fourth-order valence-electron chi connectivity index (χ4n) is 2.59. The van der Waals surface area contributed by atoms with Crippen LogP contribution in [0.3, 0.4) is 0 Å². The molecule has 0 spiro atoms. The van der Waals surface area contributed by atoms with Crippen LogP contribution in [0.15, 0.2) is 24.3 Å². The fraction of sp³-hybridized carbons (Fsp3) is 0.611. The molecule has 21 heavy (non-hydrogen) atoms. The summed E-state index contributed by atoms with van der Waals surface area (Å²) in [5, 5.41) is 3.18. The van der Waals surface area contributed by atoms with Gasteiger partial charge in [0, 0.05) is 6.42 Å². The summed E-state index contributed by atoms with van der Waals surface area (Å²) < 4.78 is 5.18. The molecule has 0 aliphatic rings. The summed E-state index contributed by atoms with van der Waals surface area (Å²) in [6, 6.07) is 7.99. The summed E-state index contributed by atoms with van der Waals surface area (Å²) in [7, 11) is 1.66. The minimum absolute atomic E-state index is 0.0530. The van der Waals surface area contributed by atoms with Crippen molar-refractivity contribution in [1.29, 1.82) is 0 Å². The third-order valence-electron chi connectivity index (χ3n) is 3.77. The number of benzene rings is 1. The Morgan fingerprint density at radius 3 is 2.29 bits per heavy atom. The summed E-state index contributed by atoms with van der Waals surface area (Å²) in [6.45, 7) is 8.55. The third-order valence-corrected chi connectivity index (χ3v) is 3.77. The van der Waals surface area contributed by atoms with Gasteiger partial charge in [-0.15, -0.1) is 0 Å². The number of methoxy groups -OCH3 is 1. The maximum Gasteiger partial charge on any atom is 0.220 e. The number of ether oxygens (including phenoxy) is 1. The first-order chi connectivity index (χ1) is 9.97. The zero-order valence-electron chi connectivity index (χ0n) is 14.0. The van der Waals surface area contributed by atoms with Gasteiger partial charge >= 0.3 is 0 Å². The van der Waals surface area contributed by atoms with E-state index in [1.165, 1.54) is 0 Å². The van der Waals surface area contributed by atoms with Gasteiger partial charge in [0.15, 0.2) is 0 Å². The molecule has 0 radical (unpaired) electrons. The Hall–Kier alpha value is -1.51. The minimum atomic E-state index is 0.0530. The van der Waals surface area contributed by atoms with Crippen LogP contribution in [0.2, 0.25) is 0 Å². The SMILES string of the molecule is CCCC(C)CC(=O)NC(c1ccc(OC)cc1)C(C)C. The Kier molecular flexibility index (Phi) is 7.27. The highest BCUT2D eigenvalue weighted by Crippen LogP contribution is 2.24. The van der Waals surface area contributed by atoms with Gasteiger partial charge in [-0.2, -0.15) is 0 Å². The molecular formula is C18H29NO2. The Labute approximate surface area is 129 Å². The quantitative estimate of drug-likeness (QED) is 0.774. The molecule has 0 fully saturated rings. The van der Waals surface area contributed by atoms with Crippen molar-refractivity contribution in [3.8, 4) is 5.75 Å². The molecule has 0 bridgehead atoms. The van der Waals surface area contributed by atoms with E-state index in [0.29, 0.717) is 18.3 Å². The maximum absolute atomic E-state index is 12.2. The van der Waals surface area contributed by atoms with Crippen LogP contribution >= 0.6 is 0 Å². The van der Waals surface area contributed by atoms with Crippen LogP contribution in [0, 0.1) is 11.8 Å². The Bertz CT molecular complexity index is 425. The molecule has 2 atom stereocenters. The van der Waals surface area contributed by atoms with Crippen molar-refractivity contribution in [2.45, 2.75) is 53.0 Å². The molecule has 0 aromatic heterocycles. The van der Waals surface area contributed by atoms with E-state index in [1.54, 1.807) is 7.11 Å². The number of rotatable bonds is 8. The van der Waals surface area contributed by atoms with Gasteiger partial charge in [0.2, 0.25) is 5.91 Å². The minimum Gasteiger partial charge on any atom is -0.497 e. The summed E-state index contributed by atoms with van der Waals surface area (Å²) in [5.74, 6) is 1.78. The van der Waals surface area contributed by atoms with E-state index in [-0.39, 0.29) is 11.9 Å². The second-order valence-corrected chi connectivity index (χ2v) is 6.16. The third kappa shape index (κ3) is 5.78. The van der Waals surface area contributed by atoms with Gasteiger partial charge in [-0.05, 0) is 29.5 Å². The van der Waals surface area contributed by atoms with Gasteiger partial charge in [-0.25, -0.2) is 0 Å². The van der Waals surface area contributed by atoms with E-state index in [2.05, 4.69) is 33.0 Å². The Balaban J connectivity index is 2.70. The van der Waals surface area contributed by atoms with Crippen LogP contribution in [0.1, 0.15) is 58.6 Å². The molecular weight excluding hydrogens is 262 g/mol. The topological polar surface area (TPSA) is 38.3 Å². The molecule has 1 amide bonds. The first-order valence-corrected chi connectivity index (χ1v) is 7.91. The Morgan fingerprint density at radius 2 is 1.81 bits per heavy atom. The van der Waals surface area contributed by atoms with Gasteiger partial charge in [-0.1, -0.05) is 52.7 Å². The van der Waals surface area contributed by atoms with Crippen molar-refractivity contribution in [2.75, 3.05) is 7.11 Å². The average Bonchev–Trinajstić information content (AvgIpc) is 2.45. The van der Waals surface area contributed by atoms with Crippen LogP contribution in [-0.2, 0) is 4.79 Å². The molecule has 0 saturated carbocycles. The zero-order valence-corrected chi connectivity index (χ0v) is 14.0. The standard InChI is InChI=1S/C18H29NO2/c1-6-7-14(4)12-17(20)19-18(13(2)3)15-8-10-16(21-5)11-9-15/h8-11,13-14,18H,6-7,12H2,1-5H3,(H,19,20). The number of amides is 1. The summed E-state index contributed by atoms with van der Waals surface area (Å²) in [5.41, 5.74) is 1.13. The lowest BCUT2D eigenvalue weighted by atomic mass is 9.95. The number of carbonyl (C=O) groups excluding carboxylic acids is 1. The highest BCUT2D eigenvalue weighted by Gasteiger charge is 2.19. The lowest BCUT2D eigenvalue weighted by Crippen LogP contribution is -2.32. The smallest absolute Gasteiger partial charge is 0.220 e. The van der Waals surface area contributed by atoms with E-state index in [9.17, 15) is 4.79 Å². The van der Waals surface area contributed by atoms with Crippen molar-refractivity contribution in [3.05, 3.63) is 29.8 Å². The van der Waals surface area contributed by atoms with Gasteiger partial charge in [0.1, 0.15) is 5.75 Å². The van der Waals surface area contributed by atoms with Crippen LogP contribution in [0.25, 0.3) is 0 Å². The second-order valence-electron chi connectivity index (χ2n) is 6.16. The molecule has 1 aromatic carbocycles. The van der Waals surface area contributed by atoms with E-state index in [1.807, 2.05) is 24.3 Å². The van der Waals surface area contributed by atoms with Crippen LogP contribution < -0.4 is 10.1 Å². The summed E-state index contributed by atoms with van der Waals surface area (Å²) in [6.07, 6.45) is 2.83. The molecule has 118 valence electrons. The number of hydrogen-bond acceptors (Lipinski definition) is 2. The van der Waals surface area contributed by atoms with Crippen molar-refractivity contribution in [2.24, 2.45) is 11.8 Å². The summed E-state index contributed by atoms with van der Waals surface area (Å²) in [4.78, 5) is 12.2. The van der Waals surface area contributed by atoms with Crippen molar-refractivity contribution >= 4 is 5.91 Å². The van der Waals surface area contributed by atoms with Crippen LogP contribution in [0.5, 0.6) is 5.75 Å². The molecule has 0 heterocycles. The lowest BCUT2D eigenvalue weighted by Gasteiger charge is -2.24. The average molecular weight is 291 g/mol. The molecule has 2 unspecified atom stereocenters. The predicted molar refractivity (Wildman–Crippen MR) is 87.4 cm³/mol. The van der Waals surface area contributed by atoms with E-state index >= 15 is 0 Å². The van der Waals surface area contributed by atoms with Crippen molar-refractivity contribution < 1.29 is 9.53 Å². The van der Waals surface area contributed by atoms with Gasteiger partial charge in [0.05, 0.1) is 13.2 Å². The first-order valence-electron chi connectivity index (χ1n) is 7.91. The molecule has 3 heteroatoms. The highest BCUT2D eigenvalue weighted by atomic mass is 16.5.